The number of carbonyl (C=O) groups excluding carboxylic acids is 2. The predicted molar refractivity (Wildman–Crippen MR) is 125 cm³/mol. The van der Waals surface area contributed by atoms with Gasteiger partial charge in [-0.3, -0.25) is 10.1 Å². The molecule has 1 aromatic heterocycles. The van der Waals surface area contributed by atoms with Gasteiger partial charge in [-0.15, -0.1) is 11.3 Å². The largest absolute Gasteiger partial charge is 0.368 e. The Labute approximate surface area is 185 Å². The van der Waals surface area contributed by atoms with E-state index in [-0.39, 0.29) is 18.4 Å². The summed E-state index contributed by atoms with van der Waals surface area (Å²) in [5, 5.41) is 7.81. The predicted octanol–water partition coefficient (Wildman–Crippen LogP) is 3.99. The maximum atomic E-state index is 12.7. The quantitative estimate of drug-likeness (QED) is 0.635. The van der Waals surface area contributed by atoms with E-state index in [0.717, 1.165) is 24.3 Å². The van der Waals surface area contributed by atoms with Gasteiger partial charge in [-0.2, -0.15) is 0 Å². The van der Waals surface area contributed by atoms with Crippen molar-refractivity contribution in [2.24, 2.45) is 0 Å². The third kappa shape index (κ3) is 5.61. The lowest BCUT2D eigenvalue weighted by atomic mass is 10.2. The van der Waals surface area contributed by atoms with Crippen LogP contribution in [0.5, 0.6) is 0 Å². The van der Waals surface area contributed by atoms with Crippen LogP contribution in [0.15, 0.2) is 60.0 Å². The van der Waals surface area contributed by atoms with Gasteiger partial charge in [0.1, 0.15) is 0 Å². The molecule has 0 unspecified atom stereocenters. The third-order valence-electron chi connectivity index (χ3n) is 5.13. The second kappa shape index (κ2) is 9.61. The molecule has 0 aliphatic carbocycles. The fourth-order valence-corrected chi connectivity index (χ4v) is 4.25. The van der Waals surface area contributed by atoms with Crippen LogP contribution in [0, 0.1) is 6.92 Å². The number of carbonyl (C=O) groups is 2. The Morgan fingerprint density at radius 1 is 1.00 bits per heavy atom. The number of anilines is 3. The second-order valence-electron chi connectivity index (χ2n) is 7.47. The highest BCUT2D eigenvalue weighted by atomic mass is 32.1. The molecule has 1 fully saturated rings. The topological polar surface area (TPSA) is 77.6 Å². The number of piperazine rings is 1. The molecule has 1 saturated heterocycles. The molecule has 1 aliphatic heterocycles. The highest BCUT2D eigenvalue weighted by Crippen LogP contribution is 2.19. The minimum atomic E-state index is -0.352. The van der Waals surface area contributed by atoms with Gasteiger partial charge >= 0.3 is 6.03 Å². The van der Waals surface area contributed by atoms with Gasteiger partial charge in [0.15, 0.2) is 5.13 Å². The number of aromatic nitrogens is 1. The van der Waals surface area contributed by atoms with Gasteiger partial charge in [0.2, 0.25) is 5.91 Å². The number of thiazole rings is 1. The van der Waals surface area contributed by atoms with E-state index in [1.54, 1.807) is 0 Å². The van der Waals surface area contributed by atoms with Crippen molar-refractivity contribution in [2.75, 3.05) is 41.7 Å². The molecule has 160 valence electrons. The standard InChI is InChI=1S/C23H25N5O2S/c1-17-6-5-7-18(14-17)24-22(30)26-23-25-19(16-31-23)15-21(29)28-12-10-27(11-13-28)20-8-3-2-4-9-20/h2-9,14,16H,10-13,15H2,1H3,(H2,24,25,26,30). The number of nitrogens with zero attached hydrogens (tertiary/aromatic N) is 3. The average molecular weight is 436 g/mol. The van der Waals surface area contributed by atoms with E-state index in [1.165, 1.54) is 17.0 Å². The van der Waals surface area contributed by atoms with E-state index in [9.17, 15) is 9.59 Å². The van der Waals surface area contributed by atoms with Crippen molar-refractivity contribution in [1.82, 2.24) is 9.88 Å². The molecule has 7 nitrogen and oxygen atoms in total. The van der Waals surface area contributed by atoms with Crippen LogP contribution in [0.4, 0.5) is 21.3 Å². The van der Waals surface area contributed by atoms with Crippen molar-refractivity contribution < 1.29 is 9.59 Å². The van der Waals surface area contributed by atoms with Crippen molar-refractivity contribution in [1.29, 1.82) is 0 Å². The maximum Gasteiger partial charge on any atom is 0.325 e. The molecule has 0 spiro atoms. The summed E-state index contributed by atoms with van der Waals surface area (Å²) >= 11 is 1.32. The first-order chi connectivity index (χ1) is 15.1. The molecule has 3 amide bonds. The zero-order valence-corrected chi connectivity index (χ0v) is 18.2. The molecule has 0 atom stereocenters. The summed E-state index contributed by atoms with van der Waals surface area (Å²) < 4.78 is 0. The molecule has 8 heteroatoms. The van der Waals surface area contributed by atoms with E-state index in [4.69, 9.17) is 0 Å². The molecular weight excluding hydrogens is 410 g/mol. The summed E-state index contributed by atoms with van der Waals surface area (Å²) in [4.78, 5) is 33.4. The van der Waals surface area contributed by atoms with Gasteiger partial charge in [0, 0.05) is 42.9 Å². The first kappa shape index (κ1) is 20.9. The monoisotopic (exact) mass is 435 g/mol. The fraction of sp³-hybridized carbons (Fsp3) is 0.261. The van der Waals surface area contributed by atoms with Crippen LogP contribution in [0.1, 0.15) is 11.3 Å². The smallest absolute Gasteiger partial charge is 0.325 e. The lowest BCUT2D eigenvalue weighted by Crippen LogP contribution is -2.49. The number of benzene rings is 2. The SMILES string of the molecule is Cc1cccc(NC(=O)Nc2nc(CC(=O)N3CCN(c4ccccc4)CC3)cs2)c1. The Balaban J connectivity index is 1.26. The van der Waals surface area contributed by atoms with E-state index < -0.39 is 0 Å². The van der Waals surface area contributed by atoms with Gasteiger partial charge < -0.3 is 15.1 Å². The molecule has 2 aromatic carbocycles. The Kier molecular flexibility index (Phi) is 6.47. The minimum Gasteiger partial charge on any atom is -0.368 e. The normalized spacial score (nSPS) is 13.7. The number of hydrogen-bond donors (Lipinski definition) is 2. The zero-order valence-electron chi connectivity index (χ0n) is 17.4. The molecule has 1 aliphatic rings. The highest BCUT2D eigenvalue weighted by Gasteiger charge is 2.22. The van der Waals surface area contributed by atoms with Gasteiger partial charge in [0.05, 0.1) is 12.1 Å². The summed E-state index contributed by atoms with van der Waals surface area (Å²) in [5.74, 6) is 0.0637. The molecule has 2 N–H and O–H groups in total. The summed E-state index contributed by atoms with van der Waals surface area (Å²) in [7, 11) is 0. The van der Waals surface area contributed by atoms with E-state index in [1.807, 2.05) is 59.7 Å². The number of amides is 3. The fourth-order valence-electron chi connectivity index (χ4n) is 3.55. The summed E-state index contributed by atoms with van der Waals surface area (Å²) in [5.41, 5.74) is 3.65. The van der Waals surface area contributed by atoms with Crippen molar-refractivity contribution in [3.05, 3.63) is 71.2 Å². The van der Waals surface area contributed by atoms with Crippen molar-refractivity contribution in [3.63, 3.8) is 0 Å². The maximum absolute atomic E-state index is 12.7. The molecule has 4 rings (SSSR count). The van der Waals surface area contributed by atoms with Crippen LogP contribution in [-0.2, 0) is 11.2 Å². The molecule has 3 aromatic rings. The number of para-hydroxylation sites is 1. The van der Waals surface area contributed by atoms with Crippen LogP contribution in [0.2, 0.25) is 0 Å². The molecule has 0 radical (unpaired) electrons. The Morgan fingerprint density at radius 3 is 2.52 bits per heavy atom. The Hall–Kier alpha value is -3.39. The van der Waals surface area contributed by atoms with E-state index in [0.29, 0.717) is 23.9 Å². The number of urea groups is 1. The lowest BCUT2D eigenvalue weighted by Gasteiger charge is -2.36. The first-order valence-corrected chi connectivity index (χ1v) is 11.1. The van der Waals surface area contributed by atoms with E-state index >= 15 is 0 Å². The Bertz CT molecular complexity index is 1040. The summed E-state index contributed by atoms with van der Waals surface area (Å²) in [6.07, 6.45) is 0.239. The zero-order chi connectivity index (χ0) is 21.6. The minimum absolute atomic E-state index is 0.0637. The second-order valence-corrected chi connectivity index (χ2v) is 8.33. The van der Waals surface area contributed by atoms with Crippen LogP contribution in [0.3, 0.4) is 0 Å². The van der Waals surface area contributed by atoms with Crippen LogP contribution in [0.25, 0.3) is 0 Å². The first-order valence-electron chi connectivity index (χ1n) is 10.2. The number of hydrogen-bond acceptors (Lipinski definition) is 5. The number of rotatable bonds is 5. The van der Waals surface area contributed by atoms with Crippen molar-refractivity contribution in [2.45, 2.75) is 13.3 Å². The molecular formula is C23H25N5O2S. The number of aryl methyl sites for hydroxylation is 1. The van der Waals surface area contributed by atoms with Crippen LogP contribution >= 0.6 is 11.3 Å². The average Bonchev–Trinajstić information content (AvgIpc) is 3.21. The van der Waals surface area contributed by atoms with Gasteiger partial charge in [-0.25, -0.2) is 9.78 Å². The van der Waals surface area contributed by atoms with Crippen LogP contribution < -0.4 is 15.5 Å². The third-order valence-corrected chi connectivity index (χ3v) is 5.94. The van der Waals surface area contributed by atoms with Crippen LogP contribution in [-0.4, -0.2) is 48.0 Å². The van der Waals surface area contributed by atoms with E-state index in [2.05, 4.69) is 32.7 Å². The van der Waals surface area contributed by atoms with Gasteiger partial charge in [-0.05, 0) is 36.8 Å². The van der Waals surface area contributed by atoms with Crippen molar-refractivity contribution >= 4 is 39.8 Å². The molecule has 2 heterocycles. The van der Waals surface area contributed by atoms with Crippen molar-refractivity contribution in [3.8, 4) is 0 Å². The number of nitrogens with one attached hydrogen (secondary N) is 2. The van der Waals surface area contributed by atoms with Gasteiger partial charge in [0.25, 0.3) is 0 Å². The van der Waals surface area contributed by atoms with Gasteiger partial charge in [-0.1, -0.05) is 30.3 Å². The summed E-state index contributed by atoms with van der Waals surface area (Å²) in [6, 6.07) is 17.5. The highest BCUT2D eigenvalue weighted by molar-refractivity contribution is 7.14. The molecule has 0 saturated carbocycles. The summed E-state index contributed by atoms with van der Waals surface area (Å²) in [6.45, 7) is 5.00. The molecule has 0 bridgehead atoms. The lowest BCUT2D eigenvalue weighted by molar-refractivity contribution is -0.130. The Morgan fingerprint density at radius 2 is 1.77 bits per heavy atom. The molecule has 31 heavy (non-hydrogen) atoms.